The first kappa shape index (κ1) is 19.9. The summed E-state index contributed by atoms with van der Waals surface area (Å²) < 4.78 is 7.10. The van der Waals surface area contributed by atoms with E-state index in [0.29, 0.717) is 22.2 Å². The number of amides is 2. The zero-order valence-electron chi connectivity index (χ0n) is 15.8. The number of unbranched alkanes of at least 4 members (excludes halogenated alkanes) is 1. The molecular weight excluding hydrogens is 382 g/mol. The van der Waals surface area contributed by atoms with Crippen LogP contribution in [0.2, 0.25) is 5.15 Å². The number of halogens is 1. The largest absolute Gasteiger partial charge is 0.482 e. The van der Waals surface area contributed by atoms with E-state index in [1.807, 2.05) is 13.0 Å². The molecule has 1 aromatic carbocycles. The Morgan fingerprint density at radius 2 is 2.21 bits per heavy atom. The number of hydrogen-bond donors (Lipinski definition) is 1. The first-order valence-electron chi connectivity index (χ1n) is 9.08. The summed E-state index contributed by atoms with van der Waals surface area (Å²) in [5, 5.41) is 8.85. The topological polar surface area (TPSA) is 88.8 Å². The molecule has 28 heavy (non-hydrogen) atoms. The lowest BCUT2D eigenvalue weighted by atomic mass is 10.2. The van der Waals surface area contributed by atoms with Gasteiger partial charge in [0.15, 0.2) is 6.61 Å². The van der Waals surface area contributed by atoms with Gasteiger partial charge in [-0.15, -0.1) is 0 Å². The summed E-state index contributed by atoms with van der Waals surface area (Å²) in [6.45, 7) is 4.41. The highest BCUT2D eigenvalue weighted by Crippen LogP contribution is 2.31. The lowest BCUT2D eigenvalue weighted by Gasteiger charge is -2.28. The Kier molecular flexibility index (Phi) is 6.30. The molecule has 0 saturated carbocycles. The Morgan fingerprint density at radius 1 is 1.43 bits per heavy atom. The van der Waals surface area contributed by atoms with Crippen molar-refractivity contribution in [3.8, 4) is 5.75 Å². The second-order valence-electron chi connectivity index (χ2n) is 6.40. The summed E-state index contributed by atoms with van der Waals surface area (Å²) >= 11 is 6.34. The number of anilines is 1. The summed E-state index contributed by atoms with van der Waals surface area (Å²) in [5.41, 5.74) is 4.39. The number of hydrogen-bond acceptors (Lipinski definition) is 5. The van der Waals surface area contributed by atoms with Crippen LogP contribution < -0.4 is 15.1 Å². The van der Waals surface area contributed by atoms with Crippen LogP contribution in [-0.4, -0.2) is 41.0 Å². The number of nitrogens with one attached hydrogen (secondary N) is 1. The van der Waals surface area contributed by atoms with E-state index in [4.69, 9.17) is 16.3 Å². The molecule has 0 aliphatic carbocycles. The van der Waals surface area contributed by atoms with Crippen molar-refractivity contribution in [3.05, 3.63) is 40.7 Å². The highest BCUT2D eigenvalue weighted by molar-refractivity contribution is 6.32. The fraction of sp³-hybridized carbons (Fsp3) is 0.368. The van der Waals surface area contributed by atoms with E-state index in [-0.39, 0.29) is 19.1 Å². The zero-order valence-corrected chi connectivity index (χ0v) is 16.6. The van der Waals surface area contributed by atoms with Crippen LogP contribution in [0.3, 0.4) is 0 Å². The molecule has 1 aromatic heterocycles. The summed E-state index contributed by atoms with van der Waals surface area (Å²) in [6.07, 6.45) is 3.49. The monoisotopic (exact) mass is 403 g/mol. The number of rotatable bonds is 7. The third kappa shape index (κ3) is 4.33. The maximum absolute atomic E-state index is 12.3. The first-order valence-corrected chi connectivity index (χ1v) is 9.46. The van der Waals surface area contributed by atoms with Gasteiger partial charge in [0.25, 0.3) is 11.8 Å². The first-order chi connectivity index (χ1) is 13.5. The number of nitrogens with zero attached hydrogens (tertiary/aromatic N) is 4. The van der Waals surface area contributed by atoms with Crippen LogP contribution in [0.25, 0.3) is 0 Å². The standard InChI is InChI=1S/C19H22ClN5O3/c1-3-4-9-25-19(20)14(13(2)23-25)10-21-22-17(26)11-24-15-7-5-6-8-16(15)28-12-18(24)27/h5-8,10H,3-4,9,11-12H2,1-2H3,(H,22,26)/b21-10-. The molecule has 0 fully saturated rings. The SMILES string of the molecule is CCCCn1nc(C)c(/C=N\NC(=O)CN2C(=O)COc3ccccc32)c1Cl. The molecule has 8 nitrogen and oxygen atoms in total. The minimum absolute atomic E-state index is 0.0979. The summed E-state index contributed by atoms with van der Waals surface area (Å²) in [4.78, 5) is 25.8. The fourth-order valence-electron chi connectivity index (χ4n) is 2.84. The smallest absolute Gasteiger partial charge is 0.265 e. The van der Waals surface area contributed by atoms with Gasteiger partial charge in [0, 0.05) is 6.54 Å². The summed E-state index contributed by atoms with van der Waals surface area (Å²) in [5.74, 6) is -0.136. The second-order valence-corrected chi connectivity index (χ2v) is 6.75. The number of hydrazone groups is 1. The van der Waals surface area contributed by atoms with Crippen molar-refractivity contribution in [1.29, 1.82) is 0 Å². The summed E-state index contributed by atoms with van der Waals surface area (Å²) in [6, 6.07) is 7.08. The van der Waals surface area contributed by atoms with Crippen LogP contribution in [0.15, 0.2) is 29.4 Å². The molecule has 148 valence electrons. The van der Waals surface area contributed by atoms with Gasteiger partial charge in [0.05, 0.1) is 23.2 Å². The number of aryl methyl sites for hydroxylation is 2. The quantitative estimate of drug-likeness (QED) is 0.568. The van der Waals surface area contributed by atoms with E-state index in [2.05, 4.69) is 22.5 Å². The number of carbonyl (C=O) groups excluding carboxylic acids is 2. The number of carbonyl (C=O) groups is 2. The van der Waals surface area contributed by atoms with Crippen molar-refractivity contribution in [3.63, 3.8) is 0 Å². The Hall–Kier alpha value is -2.87. The molecule has 9 heteroatoms. The molecule has 2 heterocycles. The minimum Gasteiger partial charge on any atom is -0.482 e. The Bertz CT molecular complexity index is 909. The van der Waals surface area contributed by atoms with Gasteiger partial charge in [-0.25, -0.2) is 5.43 Å². The van der Waals surface area contributed by atoms with Crippen molar-refractivity contribution >= 4 is 35.3 Å². The predicted molar refractivity (Wildman–Crippen MR) is 107 cm³/mol. The molecule has 0 atom stereocenters. The van der Waals surface area contributed by atoms with Gasteiger partial charge in [0.1, 0.15) is 17.4 Å². The number of benzene rings is 1. The van der Waals surface area contributed by atoms with Crippen LogP contribution in [0.5, 0.6) is 5.75 Å². The molecule has 0 bridgehead atoms. The van der Waals surface area contributed by atoms with E-state index in [1.165, 1.54) is 11.1 Å². The third-order valence-electron chi connectivity index (χ3n) is 4.33. The Labute approximate surface area is 168 Å². The second kappa shape index (κ2) is 8.88. The third-order valence-corrected chi connectivity index (χ3v) is 4.72. The lowest BCUT2D eigenvalue weighted by Crippen LogP contribution is -2.44. The molecule has 2 amide bonds. The zero-order chi connectivity index (χ0) is 20.1. The molecule has 0 radical (unpaired) electrons. The molecule has 1 aliphatic rings. The van der Waals surface area contributed by atoms with E-state index >= 15 is 0 Å². The number of para-hydroxylation sites is 2. The molecule has 2 aromatic rings. The molecule has 3 rings (SSSR count). The van der Waals surface area contributed by atoms with Crippen molar-refractivity contribution in [2.24, 2.45) is 5.10 Å². The van der Waals surface area contributed by atoms with Gasteiger partial charge in [-0.05, 0) is 25.5 Å². The van der Waals surface area contributed by atoms with Crippen molar-refractivity contribution in [1.82, 2.24) is 15.2 Å². The van der Waals surface area contributed by atoms with Crippen molar-refractivity contribution in [2.75, 3.05) is 18.1 Å². The van der Waals surface area contributed by atoms with Crippen LogP contribution in [0.4, 0.5) is 5.69 Å². The maximum Gasteiger partial charge on any atom is 0.265 e. The molecule has 1 aliphatic heterocycles. The molecule has 0 saturated heterocycles. The average Bonchev–Trinajstić information content (AvgIpc) is 2.96. The van der Waals surface area contributed by atoms with Gasteiger partial charge < -0.3 is 4.74 Å². The van der Waals surface area contributed by atoms with Gasteiger partial charge >= 0.3 is 0 Å². The summed E-state index contributed by atoms with van der Waals surface area (Å²) in [7, 11) is 0. The lowest BCUT2D eigenvalue weighted by molar-refractivity contribution is -0.125. The molecule has 0 spiro atoms. The molecular formula is C19H22ClN5O3. The van der Waals surface area contributed by atoms with Crippen LogP contribution in [-0.2, 0) is 16.1 Å². The average molecular weight is 404 g/mol. The van der Waals surface area contributed by atoms with Crippen LogP contribution in [0, 0.1) is 6.92 Å². The Balaban J connectivity index is 1.64. The van der Waals surface area contributed by atoms with E-state index < -0.39 is 5.91 Å². The number of aromatic nitrogens is 2. The highest BCUT2D eigenvalue weighted by atomic mass is 35.5. The van der Waals surface area contributed by atoms with Crippen molar-refractivity contribution < 1.29 is 14.3 Å². The normalized spacial score (nSPS) is 13.5. The number of fused-ring (bicyclic) bond motifs is 1. The van der Waals surface area contributed by atoms with Gasteiger partial charge in [-0.3, -0.25) is 19.2 Å². The van der Waals surface area contributed by atoms with Gasteiger partial charge in [-0.1, -0.05) is 37.1 Å². The highest BCUT2D eigenvalue weighted by Gasteiger charge is 2.26. The van der Waals surface area contributed by atoms with Crippen LogP contribution >= 0.6 is 11.6 Å². The maximum atomic E-state index is 12.3. The van der Waals surface area contributed by atoms with Crippen LogP contribution in [0.1, 0.15) is 31.0 Å². The Morgan fingerprint density at radius 3 is 3.00 bits per heavy atom. The molecule has 0 unspecified atom stereocenters. The van der Waals surface area contributed by atoms with E-state index in [0.717, 1.165) is 25.1 Å². The van der Waals surface area contributed by atoms with E-state index in [9.17, 15) is 9.59 Å². The van der Waals surface area contributed by atoms with E-state index in [1.54, 1.807) is 22.9 Å². The van der Waals surface area contributed by atoms with Crippen molar-refractivity contribution in [2.45, 2.75) is 33.2 Å². The van der Waals surface area contributed by atoms with Gasteiger partial charge in [0.2, 0.25) is 0 Å². The van der Waals surface area contributed by atoms with Gasteiger partial charge in [-0.2, -0.15) is 10.2 Å². The number of ether oxygens (including phenoxy) is 1. The minimum atomic E-state index is -0.423. The predicted octanol–water partition coefficient (Wildman–Crippen LogP) is 2.52. The molecule has 1 N–H and O–H groups in total. The fourth-order valence-corrected chi connectivity index (χ4v) is 3.15.